The summed E-state index contributed by atoms with van der Waals surface area (Å²) in [5.74, 6) is -1.72. The van der Waals surface area contributed by atoms with Gasteiger partial charge in [0.15, 0.2) is 11.6 Å². The molecule has 0 unspecified atom stereocenters. The number of benzene rings is 2. The Morgan fingerprint density at radius 2 is 1.91 bits per heavy atom. The molecule has 3 heterocycles. The topological polar surface area (TPSA) is 113 Å². The molecule has 0 radical (unpaired) electrons. The molecule has 8 nitrogen and oxygen atoms in total. The molecule has 6 rings (SSSR count). The van der Waals surface area contributed by atoms with Crippen LogP contribution in [0, 0.1) is 23.0 Å². The highest BCUT2D eigenvalue weighted by atomic mass is 19.2. The van der Waals surface area contributed by atoms with Gasteiger partial charge in [-0.05, 0) is 73.4 Å². The van der Waals surface area contributed by atoms with Gasteiger partial charge in [0.05, 0.1) is 29.5 Å². The van der Waals surface area contributed by atoms with Crippen molar-refractivity contribution in [2.75, 3.05) is 25.0 Å². The second-order valence-electron chi connectivity index (χ2n) is 12.8. The minimum absolute atomic E-state index is 0.0819. The SMILES string of the molecule is CC(C)Cc1nc(NC2CCN(CC3(F)CC3)CC2)c(C=N)c(-c2ccc3c(cnn3Cc3ccc(F)c(F)c3)c2)c1C(N)=O. The van der Waals surface area contributed by atoms with Crippen molar-refractivity contribution in [2.24, 2.45) is 11.7 Å². The lowest BCUT2D eigenvalue weighted by Crippen LogP contribution is -2.42. The van der Waals surface area contributed by atoms with Crippen LogP contribution in [0.5, 0.6) is 0 Å². The number of anilines is 1. The number of aromatic nitrogens is 3. The van der Waals surface area contributed by atoms with Crippen molar-refractivity contribution >= 4 is 28.8 Å². The summed E-state index contributed by atoms with van der Waals surface area (Å²) in [5, 5.41) is 17.2. The van der Waals surface area contributed by atoms with Crippen LogP contribution in [0.4, 0.5) is 19.0 Å². The van der Waals surface area contributed by atoms with Crippen molar-refractivity contribution in [2.45, 2.75) is 64.2 Å². The third kappa shape index (κ3) is 6.58. The molecule has 2 fully saturated rings. The molecule has 4 aromatic rings. The number of carbonyl (C=O) groups is 1. The Morgan fingerprint density at radius 1 is 1.16 bits per heavy atom. The van der Waals surface area contributed by atoms with Crippen LogP contribution in [-0.4, -0.2) is 63.1 Å². The summed E-state index contributed by atoms with van der Waals surface area (Å²) in [6.07, 6.45) is 6.32. The predicted octanol–water partition coefficient (Wildman–Crippen LogP) is 6.10. The number of halogens is 3. The summed E-state index contributed by atoms with van der Waals surface area (Å²) < 4.78 is 43.3. The number of nitrogens with one attached hydrogen (secondary N) is 2. The van der Waals surface area contributed by atoms with Crippen molar-refractivity contribution in [1.82, 2.24) is 19.7 Å². The molecule has 0 atom stereocenters. The molecule has 1 amide bonds. The second kappa shape index (κ2) is 12.3. The van der Waals surface area contributed by atoms with E-state index in [1.54, 1.807) is 10.9 Å². The van der Waals surface area contributed by atoms with Gasteiger partial charge in [-0.1, -0.05) is 26.0 Å². The fraction of sp³-hybridized carbons (Fsp3) is 0.412. The van der Waals surface area contributed by atoms with Gasteiger partial charge in [0, 0.05) is 48.4 Å². The number of pyridine rings is 1. The van der Waals surface area contributed by atoms with E-state index in [1.165, 1.54) is 12.3 Å². The van der Waals surface area contributed by atoms with Crippen LogP contribution >= 0.6 is 0 Å². The van der Waals surface area contributed by atoms with Crippen molar-refractivity contribution in [3.05, 3.63) is 76.6 Å². The van der Waals surface area contributed by atoms with E-state index in [0.29, 0.717) is 59.6 Å². The van der Waals surface area contributed by atoms with Crippen LogP contribution in [0.15, 0.2) is 42.6 Å². The molecule has 0 spiro atoms. The smallest absolute Gasteiger partial charge is 0.251 e. The third-order valence-corrected chi connectivity index (χ3v) is 8.78. The molecule has 2 aromatic heterocycles. The molecule has 1 aliphatic heterocycles. The lowest BCUT2D eigenvalue weighted by Gasteiger charge is -2.34. The number of rotatable bonds is 11. The minimum atomic E-state index is -1.02. The first-order chi connectivity index (χ1) is 21.5. The zero-order chi connectivity index (χ0) is 31.9. The van der Waals surface area contributed by atoms with E-state index in [-0.39, 0.29) is 24.1 Å². The minimum Gasteiger partial charge on any atom is -0.367 e. The Bertz CT molecular complexity index is 1760. The van der Waals surface area contributed by atoms with Gasteiger partial charge in [0.2, 0.25) is 0 Å². The summed E-state index contributed by atoms with van der Waals surface area (Å²) in [7, 11) is 0. The highest BCUT2D eigenvalue weighted by Gasteiger charge is 2.44. The van der Waals surface area contributed by atoms with E-state index < -0.39 is 23.2 Å². The maximum Gasteiger partial charge on any atom is 0.251 e. The number of likely N-dealkylation sites (tertiary alicyclic amines) is 1. The van der Waals surface area contributed by atoms with Gasteiger partial charge in [-0.2, -0.15) is 5.10 Å². The van der Waals surface area contributed by atoms with Crippen LogP contribution in [0.1, 0.15) is 66.7 Å². The quantitative estimate of drug-likeness (QED) is 0.176. The number of carbonyl (C=O) groups excluding carboxylic acids is 1. The standard InChI is InChI=1S/C34H38F3N7O/c1-20(2)13-28-31(32(39)45)30(25(16-38)33(42-28)41-24-7-11-43(12-8-24)19-34(37)9-10-34)22-4-6-29-23(15-22)17-40-44(29)18-21-3-5-26(35)27(36)14-21/h3-6,14-17,20,24,38H,7-13,18-19H2,1-2H3,(H2,39,45)(H,41,42). The molecular formula is C34H38F3N7O. The predicted molar refractivity (Wildman–Crippen MR) is 170 cm³/mol. The molecule has 0 bridgehead atoms. The van der Waals surface area contributed by atoms with E-state index in [9.17, 15) is 18.0 Å². The molecule has 1 saturated heterocycles. The first kappa shape index (κ1) is 30.8. The first-order valence-electron chi connectivity index (χ1n) is 15.5. The van der Waals surface area contributed by atoms with Gasteiger partial charge in [-0.3, -0.25) is 9.48 Å². The van der Waals surface area contributed by atoms with Crippen LogP contribution in [-0.2, 0) is 13.0 Å². The monoisotopic (exact) mass is 617 g/mol. The number of hydrogen-bond donors (Lipinski definition) is 3. The molecule has 1 saturated carbocycles. The molecule has 11 heteroatoms. The normalized spacial score (nSPS) is 16.8. The zero-order valence-corrected chi connectivity index (χ0v) is 25.5. The van der Waals surface area contributed by atoms with Crippen LogP contribution < -0.4 is 11.1 Å². The van der Waals surface area contributed by atoms with Crippen molar-refractivity contribution in [3.63, 3.8) is 0 Å². The molecule has 2 aromatic carbocycles. The highest BCUT2D eigenvalue weighted by molar-refractivity contribution is 6.08. The van der Waals surface area contributed by atoms with Gasteiger partial charge in [-0.25, -0.2) is 18.2 Å². The van der Waals surface area contributed by atoms with E-state index in [2.05, 4.69) is 15.3 Å². The molecule has 1 aliphatic carbocycles. The van der Waals surface area contributed by atoms with Gasteiger partial charge in [-0.15, -0.1) is 0 Å². The average molecular weight is 618 g/mol. The number of fused-ring (bicyclic) bond motifs is 1. The first-order valence-corrected chi connectivity index (χ1v) is 15.5. The second-order valence-corrected chi connectivity index (χ2v) is 12.8. The molecular weight excluding hydrogens is 579 g/mol. The van der Waals surface area contributed by atoms with Gasteiger partial charge in [0.25, 0.3) is 5.91 Å². The Hall–Kier alpha value is -4.25. The third-order valence-electron chi connectivity index (χ3n) is 8.78. The van der Waals surface area contributed by atoms with Gasteiger partial charge < -0.3 is 21.4 Å². The molecule has 236 valence electrons. The average Bonchev–Trinajstić information content (AvgIpc) is 3.59. The Kier molecular flexibility index (Phi) is 8.39. The number of hydrogen-bond acceptors (Lipinski definition) is 6. The zero-order valence-electron chi connectivity index (χ0n) is 25.5. The fourth-order valence-electron chi connectivity index (χ4n) is 6.30. The van der Waals surface area contributed by atoms with E-state index >= 15 is 0 Å². The summed E-state index contributed by atoms with van der Waals surface area (Å²) in [6.45, 7) is 6.37. The summed E-state index contributed by atoms with van der Waals surface area (Å²) in [5.41, 5.74) is 8.85. The number of primary amides is 1. The largest absolute Gasteiger partial charge is 0.367 e. The number of alkyl halides is 1. The van der Waals surface area contributed by atoms with Gasteiger partial charge >= 0.3 is 0 Å². The summed E-state index contributed by atoms with van der Waals surface area (Å²) in [4.78, 5) is 20.1. The van der Waals surface area contributed by atoms with E-state index in [0.717, 1.165) is 49.0 Å². The van der Waals surface area contributed by atoms with Crippen LogP contribution in [0.3, 0.4) is 0 Å². The lowest BCUT2D eigenvalue weighted by molar-refractivity contribution is 0.0999. The highest BCUT2D eigenvalue weighted by Crippen LogP contribution is 2.41. The number of nitrogens with two attached hydrogens (primary N) is 1. The summed E-state index contributed by atoms with van der Waals surface area (Å²) in [6, 6.07) is 9.46. The molecule has 4 N–H and O–H groups in total. The number of amides is 1. The fourth-order valence-corrected chi connectivity index (χ4v) is 6.30. The van der Waals surface area contributed by atoms with Crippen molar-refractivity contribution in [3.8, 4) is 11.1 Å². The number of piperidine rings is 1. The molecule has 2 aliphatic rings. The maximum atomic E-state index is 14.3. The lowest BCUT2D eigenvalue weighted by atomic mass is 9.90. The van der Waals surface area contributed by atoms with E-state index in [1.807, 2.05) is 32.0 Å². The van der Waals surface area contributed by atoms with Crippen LogP contribution in [0.2, 0.25) is 0 Å². The maximum absolute atomic E-state index is 14.3. The Morgan fingerprint density at radius 3 is 2.56 bits per heavy atom. The van der Waals surface area contributed by atoms with Crippen LogP contribution in [0.25, 0.3) is 22.0 Å². The molecule has 45 heavy (non-hydrogen) atoms. The Balaban J connectivity index is 1.36. The number of nitrogens with zero attached hydrogens (tertiary/aromatic N) is 4. The van der Waals surface area contributed by atoms with Crippen molar-refractivity contribution < 1.29 is 18.0 Å². The van der Waals surface area contributed by atoms with Gasteiger partial charge in [0.1, 0.15) is 11.5 Å². The summed E-state index contributed by atoms with van der Waals surface area (Å²) >= 11 is 0. The van der Waals surface area contributed by atoms with Crippen molar-refractivity contribution in [1.29, 1.82) is 5.41 Å². The Labute approximate surface area is 260 Å². The van der Waals surface area contributed by atoms with E-state index in [4.69, 9.17) is 16.1 Å².